The number of thiol groups is 1. The Hall–Kier alpha value is -0.0600. The number of nitrogens with zero attached hydrogens (tertiary/aromatic N) is 1. The summed E-state index contributed by atoms with van der Waals surface area (Å²) in [6.45, 7) is 2.45. The molecule has 0 spiro atoms. The van der Waals surface area contributed by atoms with Crippen LogP contribution in [0, 0.1) is 0 Å². The first-order valence-electron chi connectivity index (χ1n) is 8.45. The number of quaternary nitrogens is 1. The Morgan fingerprint density at radius 1 is 0.900 bits per heavy atom. The summed E-state index contributed by atoms with van der Waals surface area (Å²) < 4.78 is 0.559. The molecule has 4 heteroatoms. The Bertz CT molecular complexity index is 265. The van der Waals surface area contributed by atoms with E-state index in [0.717, 1.165) is 44.5 Å². The zero-order chi connectivity index (χ0) is 14.7. The summed E-state index contributed by atoms with van der Waals surface area (Å²) >= 11 is 4.22. The highest BCUT2D eigenvalue weighted by atomic mass is 32.1. The standard InChI is InChI=1S/C16H32N2OS/c17-15-18(12-8-9-13-18)16(19)11-7-5-3-1-2-4-6-10-14-20/h1-15,17H2/p+1. The van der Waals surface area contributed by atoms with Crippen molar-refractivity contribution in [1.29, 1.82) is 0 Å². The molecule has 0 atom stereocenters. The Labute approximate surface area is 130 Å². The molecule has 1 heterocycles. The minimum atomic E-state index is 0.388. The Morgan fingerprint density at radius 2 is 1.40 bits per heavy atom. The van der Waals surface area contributed by atoms with Crippen LogP contribution >= 0.6 is 12.6 Å². The summed E-state index contributed by atoms with van der Waals surface area (Å²) in [5.41, 5.74) is 5.83. The monoisotopic (exact) mass is 301 g/mol. The average molecular weight is 302 g/mol. The molecule has 1 aliphatic rings. The van der Waals surface area contributed by atoms with Gasteiger partial charge < -0.3 is 0 Å². The average Bonchev–Trinajstić information content (AvgIpc) is 2.95. The van der Waals surface area contributed by atoms with Gasteiger partial charge >= 0.3 is 5.91 Å². The van der Waals surface area contributed by atoms with Crippen molar-refractivity contribution in [2.45, 2.75) is 70.6 Å². The van der Waals surface area contributed by atoms with Gasteiger partial charge in [0.25, 0.3) is 0 Å². The molecule has 0 aliphatic carbocycles. The van der Waals surface area contributed by atoms with Gasteiger partial charge in [-0.05, 0) is 18.6 Å². The third-order valence-corrected chi connectivity index (χ3v) is 4.92. The van der Waals surface area contributed by atoms with Crippen LogP contribution in [-0.4, -0.2) is 35.9 Å². The van der Waals surface area contributed by atoms with E-state index in [1.54, 1.807) is 0 Å². The highest BCUT2D eigenvalue weighted by Crippen LogP contribution is 2.21. The molecule has 1 rings (SSSR count). The molecule has 20 heavy (non-hydrogen) atoms. The molecule has 118 valence electrons. The van der Waals surface area contributed by atoms with E-state index < -0.39 is 0 Å². The number of nitrogens with two attached hydrogens (primary N) is 1. The Balaban J connectivity index is 1.99. The van der Waals surface area contributed by atoms with Gasteiger partial charge in [-0.2, -0.15) is 12.6 Å². The molecule has 0 radical (unpaired) electrons. The first kappa shape index (κ1) is 18.0. The molecule has 1 amide bonds. The molecule has 0 saturated carbocycles. The molecule has 1 fully saturated rings. The molecule has 2 N–H and O–H groups in total. The van der Waals surface area contributed by atoms with Crippen molar-refractivity contribution in [3.8, 4) is 0 Å². The quantitative estimate of drug-likeness (QED) is 0.348. The van der Waals surface area contributed by atoms with Crippen molar-refractivity contribution in [2.24, 2.45) is 5.73 Å². The lowest BCUT2D eigenvalue weighted by Crippen LogP contribution is -2.53. The Morgan fingerprint density at radius 3 is 1.90 bits per heavy atom. The number of carbonyl (C=O) groups excluding carboxylic acids is 1. The van der Waals surface area contributed by atoms with Crippen LogP contribution in [0.4, 0.5) is 0 Å². The molecular formula is C16H33N2OS+. The van der Waals surface area contributed by atoms with Crippen LogP contribution in [-0.2, 0) is 4.79 Å². The number of likely N-dealkylation sites (tertiary alicyclic amines) is 1. The number of rotatable bonds is 11. The van der Waals surface area contributed by atoms with E-state index in [0.29, 0.717) is 17.1 Å². The fourth-order valence-electron chi connectivity index (χ4n) is 3.16. The number of unbranched alkanes of at least 4 members (excludes halogenated alkanes) is 7. The normalized spacial score (nSPS) is 17.5. The molecule has 0 bridgehead atoms. The zero-order valence-electron chi connectivity index (χ0n) is 13.0. The lowest BCUT2D eigenvalue weighted by molar-refractivity contribution is -0.842. The van der Waals surface area contributed by atoms with Gasteiger partial charge in [0.1, 0.15) is 6.67 Å². The number of hydrogen-bond acceptors (Lipinski definition) is 3. The van der Waals surface area contributed by atoms with Gasteiger partial charge in [0.05, 0.1) is 19.5 Å². The van der Waals surface area contributed by atoms with Crippen molar-refractivity contribution in [2.75, 3.05) is 25.5 Å². The number of carbonyl (C=O) groups is 1. The van der Waals surface area contributed by atoms with Crippen LogP contribution in [0.2, 0.25) is 0 Å². The summed E-state index contributed by atoms with van der Waals surface area (Å²) in [6, 6.07) is 0. The van der Waals surface area contributed by atoms with Crippen LogP contribution in [0.3, 0.4) is 0 Å². The summed E-state index contributed by atoms with van der Waals surface area (Å²) in [6.07, 6.45) is 13.1. The van der Waals surface area contributed by atoms with Crippen LogP contribution in [0.5, 0.6) is 0 Å². The van der Waals surface area contributed by atoms with E-state index in [1.807, 2.05) is 0 Å². The van der Waals surface area contributed by atoms with E-state index in [9.17, 15) is 4.79 Å². The molecule has 1 aliphatic heterocycles. The second kappa shape index (κ2) is 10.6. The van der Waals surface area contributed by atoms with E-state index in [-0.39, 0.29) is 0 Å². The minimum Gasteiger partial charge on any atom is -0.284 e. The maximum absolute atomic E-state index is 12.3. The first-order chi connectivity index (χ1) is 9.75. The van der Waals surface area contributed by atoms with Crippen molar-refractivity contribution in [1.82, 2.24) is 0 Å². The number of amides is 1. The summed E-state index contributed by atoms with van der Waals surface area (Å²) in [5.74, 6) is 1.40. The lowest BCUT2D eigenvalue weighted by Gasteiger charge is -2.29. The molecule has 1 saturated heterocycles. The number of hydrogen-bond donors (Lipinski definition) is 2. The second-order valence-electron chi connectivity index (χ2n) is 6.18. The smallest absolute Gasteiger partial charge is 0.284 e. The second-order valence-corrected chi connectivity index (χ2v) is 6.63. The van der Waals surface area contributed by atoms with E-state index in [2.05, 4.69) is 12.6 Å². The van der Waals surface area contributed by atoms with Crippen LogP contribution in [0.25, 0.3) is 0 Å². The maximum Gasteiger partial charge on any atom is 0.314 e. The molecule has 0 aromatic carbocycles. The SMILES string of the molecule is NC[N+]1(C(=O)CCCCCCCCCCS)CCCC1. The van der Waals surface area contributed by atoms with Crippen molar-refractivity contribution in [3.63, 3.8) is 0 Å². The van der Waals surface area contributed by atoms with Crippen molar-refractivity contribution in [3.05, 3.63) is 0 Å². The summed E-state index contributed by atoms with van der Waals surface area (Å²) in [4.78, 5) is 12.3. The highest BCUT2D eigenvalue weighted by Gasteiger charge is 2.37. The van der Waals surface area contributed by atoms with Crippen LogP contribution in [0.15, 0.2) is 0 Å². The van der Waals surface area contributed by atoms with Crippen LogP contribution < -0.4 is 5.73 Å². The zero-order valence-corrected chi connectivity index (χ0v) is 13.9. The van der Waals surface area contributed by atoms with E-state index in [4.69, 9.17) is 5.73 Å². The third kappa shape index (κ3) is 6.15. The molecule has 3 nitrogen and oxygen atoms in total. The van der Waals surface area contributed by atoms with Crippen molar-refractivity contribution < 1.29 is 9.28 Å². The highest BCUT2D eigenvalue weighted by molar-refractivity contribution is 7.80. The summed E-state index contributed by atoms with van der Waals surface area (Å²) in [5, 5.41) is 0. The predicted molar refractivity (Wildman–Crippen MR) is 88.7 cm³/mol. The Kier molecular flexibility index (Phi) is 9.57. The van der Waals surface area contributed by atoms with Gasteiger partial charge in [0, 0.05) is 12.8 Å². The summed E-state index contributed by atoms with van der Waals surface area (Å²) in [7, 11) is 0. The molecule has 0 aromatic heterocycles. The van der Waals surface area contributed by atoms with Gasteiger partial charge in [0.15, 0.2) is 0 Å². The van der Waals surface area contributed by atoms with Gasteiger partial charge in [0.2, 0.25) is 0 Å². The van der Waals surface area contributed by atoms with Gasteiger partial charge in [-0.1, -0.05) is 38.5 Å². The fraction of sp³-hybridized carbons (Fsp3) is 0.938. The van der Waals surface area contributed by atoms with Crippen LogP contribution in [0.1, 0.15) is 70.6 Å². The fourth-order valence-corrected chi connectivity index (χ4v) is 3.38. The van der Waals surface area contributed by atoms with Gasteiger partial charge in [-0.3, -0.25) is 5.73 Å². The van der Waals surface area contributed by atoms with Crippen molar-refractivity contribution >= 4 is 18.5 Å². The van der Waals surface area contributed by atoms with Gasteiger partial charge in [-0.15, -0.1) is 0 Å². The molecule has 0 unspecified atom stereocenters. The predicted octanol–water partition coefficient (Wildman–Crippen LogP) is 3.48. The topological polar surface area (TPSA) is 43.1 Å². The van der Waals surface area contributed by atoms with Gasteiger partial charge in [-0.25, -0.2) is 9.28 Å². The largest absolute Gasteiger partial charge is 0.314 e. The lowest BCUT2D eigenvalue weighted by atomic mass is 10.1. The third-order valence-electron chi connectivity index (χ3n) is 4.60. The van der Waals surface area contributed by atoms with E-state index >= 15 is 0 Å². The van der Waals surface area contributed by atoms with E-state index in [1.165, 1.54) is 44.9 Å². The maximum atomic E-state index is 12.3. The molecule has 0 aromatic rings. The molecular weight excluding hydrogens is 268 g/mol. The minimum absolute atomic E-state index is 0.388. The first-order valence-corrected chi connectivity index (χ1v) is 9.09.